The summed E-state index contributed by atoms with van der Waals surface area (Å²) in [5.41, 5.74) is 4.88. The molecule has 0 aliphatic rings. The summed E-state index contributed by atoms with van der Waals surface area (Å²) in [6.07, 6.45) is 3.90. The number of rotatable bonds is 2. The van der Waals surface area contributed by atoms with Gasteiger partial charge in [-0.3, -0.25) is 0 Å². The molecule has 0 unspecified atom stereocenters. The monoisotopic (exact) mass is 478 g/mol. The number of halogens is 2. The molecular weight excluding hydrogens is 459 g/mol. The van der Waals surface area contributed by atoms with Gasteiger partial charge in [-0.25, -0.2) is 0 Å². The first-order chi connectivity index (χ1) is 13.9. The Hall–Kier alpha value is -2.49. The Morgan fingerprint density at radius 1 is 0.516 bits per heavy atom. The van der Waals surface area contributed by atoms with Crippen LogP contribution in [-0.2, 0) is 21.7 Å². The van der Waals surface area contributed by atoms with Crippen LogP contribution in [-0.4, -0.2) is 9.97 Å². The molecule has 2 N–H and O–H groups in total. The molecule has 0 fully saturated rings. The zero-order valence-electron chi connectivity index (χ0n) is 16.6. The molecule has 4 aromatic carbocycles. The third-order valence-electron chi connectivity index (χ3n) is 5.05. The van der Waals surface area contributed by atoms with E-state index < -0.39 is 0 Å². The third-order valence-corrected chi connectivity index (χ3v) is 5.05. The number of H-pyrrole nitrogens is 2. The van der Waals surface area contributed by atoms with E-state index in [2.05, 4.69) is 94.9 Å². The molecule has 0 amide bonds. The van der Waals surface area contributed by atoms with Crippen LogP contribution in [0.3, 0.4) is 0 Å². The summed E-state index contributed by atoms with van der Waals surface area (Å²) < 4.78 is 0. The van der Waals surface area contributed by atoms with Crippen molar-refractivity contribution >= 4 is 21.5 Å². The van der Waals surface area contributed by atoms with E-state index in [1.807, 2.05) is 24.5 Å². The summed E-state index contributed by atoms with van der Waals surface area (Å²) in [7, 11) is 0. The fourth-order valence-corrected chi connectivity index (χ4v) is 3.63. The van der Waals surface area contributed by atoms with Crippen LogP contribution in [0.15, 0.2) is 109 Å². The Balaban J connectivity index is 0.000000201. The number of nitrogens with one attached hydrogen (secondary N) is 2. The van der Waals surface area contributed by atoms with Crippen molar-refractivity contribution in [2.45, 2.75) is 0 Å². The predicted molar refractivity (Wildman–Crippen MR) is 119 cm³/mol. The quantitative estimate of drug-likeness (QED) is 0.276. The molecule has 5 heteroatoms. The molecule has 0 radical (unpaired) electrons. The van der Waals surface area contributed by atoms with Gasteiger partial charge >= 0.3 is 21.7 Å². The van der Waals surface area contributed by atoms with E-state index in [0.717, 1.165) is 0 Å². The van der Waals surface area contributed by atoms with Crippen molar-refractivity contribution < 1.29 is 46.5 Å². The van der Waals surface area contributed by atoms with E-state index in [1.165, 1.54) is 44.1 Å². The van der Waals surface area contributed by atoms with Gasteiger partial charge in [-0.05, 0) is 23.8 Å². The van der Waals surface area contributed by atoms with Crippen molar-refractivity contribution in [1.29, 1.82) is 0 Å². The van der Waals surface area contributed by atoms with Gasteiger partial charge in [-0.1, -0.05) is 60.7 Å². The van der Waals surface area contributed by atoms with Crippen molar-refractivity contribution in [2.75, 3.05) is 0 Å². The number of benzene rings is 2. The molecule has 2 aromatic heterocycles. The van der Waals surface area contributed by atoms with Gasteiger partial charge in [0.25, 0.3) is 0 Å². The van der Waals surface area contributed by atoms with Crippen LogP contribution >= 0.6 is 0 Å². The zero-order valence-corrected chi connectivity index (χ0v) is 19.7. The van der Waals surface area contributed by atoms with Crippen LogP contribution in [0, 0.1) is 0 Å². The molecule has 152 valence electrons. The first-order valence-electron chi connectivity index (χ1n) is 9.45. The maximum absolute atomic E-state index is 3.21. The Bertz CT molecular complexity index is 1140. The summed E-state index contributed by atoms with van der Waals surface area (Å²) in [4.78, 5) is 6.43. The minimum atomic E-state index is 0. The van der Waals surface area contributed by atoms with Crippen molar-refractivity contribution in [3.8, 4) is 22.5 Å². The SMILES string of the molecule is [Cl-].[Cl-].[Ti+4].c1c[nH]c(-c2cc3ccccc3[cH-]2)c1.c1c[nH]c(-c2cc3ccccc3[cH-]2)c1. The van der Waals surface area contributed by atoms with Gasteiger partial charge in [-0.2, -0.15) is 0 Å². The topological polar surface area (TPSA) is 31.6 Å². The second-order valence-electron chi connectivity index (χ2n) is 6.91. The van der Waals surface area contributed by atoms with Crippen molar-refractivity contribution in [1.82, 2.24) is 9.97 Å². The molecule has 2 nitrogen and oxygen atoms in total. The summed E-state index contributed by atoms with van der Waals surface area (Å²) in [6, 6.07) is 33.9. The van der Waals surface area contributed by atoms with Gasteiger partial charge < -0.3 is 34.8 Å². The largest absolute Gasteiger partial charge is 4.00 e. The van der Waals surface area contributed by atoms with E-state index in [0.29, 0.717) is 0 Å². The summed E-state index contributed by atoms with van der Waals surface area (Å²) in [5, 5.41) is 5.21. The molecule has 6 aromatic rings. The molecule has 2 heterocycles. The van der Waals surface area contributed by atoms with Gasteiger partial charge in [0.1, 0.15) is 0 Å². The van der Waals surface area contributed by atoms with E-state index >= 15 is 0 Å². The standard InChI is InChI=1S/2C13H10N.2ClH.Ti/c2*1-2-5-11-9-12(8-10(11)4-1)13-6-3-7-14-13;;;/h2*1-9,14H;2*1H;/q2*-1;;;+4/p-2. The molecule has 6 rings (SSSR count). The van der Waals surface area contributed by atoms with Gasteiger partial charge in [0.2, 0.25) is 0 Å². The summed E-state index contributed by atoms with van der Waals surface area (Å²) in [5.74, 6) is 0. The van der Waals surface area contributed by atoms with Crippen LogP contribution in [0.5, 0.6) is 0 Å². The van der Waals surface area contributed by atoms with Crippen LogP contribution < -0.4 is 24.8 Å². The number of aromatic nitrogens is 2. The van der Waals surface area contributed by atoms with Crippen molar-refractivity contribution in [3.05, 3.63) is 109 Å². The Morgan fingerprint density at radius 3 is 1.29 bits per heavy atom. The fourth-order valence-electron chi connectivity index (χ4n) is 3.63. The number of aromatic amines is 2. The number of hydrogen-bond acceptors (Lipinski definition) is 0. The van der Waals surface area contributed by atoms with Crippen LogP contribution in [0.25, 0.3) is 44.1 Å². The molecular formula is C26H20Cl2N2Ti. The van der Waals surface area contributed by atoms with Gasteiger partial charge in [0, 0.05) is 0 Å². The number of fused-ring (bicyclic) bond motifs is 2. The molecule has 0 aliphatic carbocycles. The first-order valence-corrected chi connectivity index (χ1v) is 9.45. The van der Waals surface area contributed by atoms with E-state index in [-0.39, 0.29) is 46.5 Å². The van der Waals surface area contributed by atoms with Crippen LogP contribution in [0.4, 0.5) is 0 Å². The average Bonchev–Trinajstić information content (AvgIpc) is 3.54. The van der Waals surface area contributed by atoms with Crippen LogP contribution in [0.2, 0.25) is 0 Å². The smallest absolute Gasteiger partial charge is 1.00 e. The first kappa shape index (κ1) is 24.8. The van der Waals surface area contributed by atoms with Crippen molar-refractivity contribution in [3.63, 3.8) is 0 Å². The van der Waals surface area contributed by atoms with E-state index in [1.54, 1.807) is 0 Å². The minimum Gasteiger partial charge on any atom is -1.00 e. The van der Waals surface area contributed by atoms with Gasteiger partial charge in [0.15, 0.2) is 0 Å². The molecule has 0 bridgehead atoms. The Labute approximate surface area is 209 Å². The average molecular weight is 479 g/mol. The van der Waals surface area contributed by atoms with E-state index in [9.17, 15) is 0 Å². The van der Waals surface area contributed by atoms with Gasteiger partial charge in [0.05, 0.1) is 0 Å². The second-order valence-corrected chi connectivity index (χ2v) is 6.91. The predicted octanol–water partition coefficient (Wildman–Crippen LogP) is 1.11. The fraction of sp³-hybridized carbons (Fsp3) is 0. The molecule has 0 saturated carbocycles. The maximum Gasteiger partial charge on any atom is 4.00 e. The number of hydrogen-bond donors (Lipinski definition) is 2. The zero-order chi connectivity index (χ0) is 18.8. The molecule has 0 aliphatic heterocycles. The van der Waals surface area contributed by atoms with Crippen LogP contribution in [0.1, 0.15) is 0 Å². The second kappa shape index (κ2) is 11.2. The Morgan fingerprint density at radius 2 is 0.935 bits per heavy atom. The van der Waals surface area contributed by atoms with Crippen molar-refractivity contribution in [2.24, 2.45) is 0 Å². The molecule has 0 atom stereocenters. The molecule has 0 saturated heterocycles. The molecule has 0 spiro atoms. The van der Waals surface area contributed by atoms with E-state index in [4.69, 9.17) is 0 Å². The third kappa shape index (κ3) is 5.41. The Kier molecular flexibility index (Phi) is 8.97. The molecule has 31 heavy (non-hydrogen) atoms. The normalized spacial score (nSPS) is 9.81. The summed E-state index contributed by atoms with van der Waals surface area (Å²) in [6.45, 7) is 0. The minimum absolute atomic E-state index is 0. The van der Waals surface area contributed by atoms with Gasteiger partial charge in [-0.15, -0.1) is 69.1 Å². The summed E-state index contributed by atoms with van der Waals surface area (Å²) >= 11 is 0. The maximum atomic E-state index is 3.21.